The van der Waals surface area contributed by atoms with Gasteiger partial charge in [-0.05, 0) is 0 Å². The predicted octanol–water partition coefficient (Wildman–Crippen LogP) is 0.658. The van der Waals surface area contributed by atoms with Crippen molar-refractivity contribution in [3.8, 4) is 0 Å². The first kappa shape index (κ1) is 9.42. The molecule has 0 aliphatic rings. The minimum Gasteiger partial charge on any atom is -0.478 e. The zero-order valence-corrected chi connectivity index (χ0v) is 5.83. The molecule has 4 heteroatoms. The van der Waals surface area contributed by atoms with Crippen LogP contribution in [0.1, 0.15) is 6.42 Å². The Hall–Kier alpha value is -1.58. The van der Waals surface area contributed by atoms with Crippen LogP contribution in [0.25, 0.3) is 0 Å². The first-order valence-electron chi connectivity index (χ1n) is 2.77. The second kappa shape index (κ2) is 3.55. The lowest BCUT2D eigenvalue weighted by molar-refractivity contribution is -0.132. The topological polar surface area (TPSA) is 74.6 Å². The number of carboxylic acid groups (broad SMARTS) is 2. The Morgan fingerprint density at radius 2 is 1.27 bits per heavy atom. The molecule has 2 N–H and O–H groups in total. The van der Waals surface area contributed by atoms with Gasteiger partial charge in [0, 0.05) is 17.6 Å². The van der Waals surface area contributed by atoms with Crippen molar-refractivity contribution in [3.05, 3.63) is 24.3 Å². The van der Waals surface area contributed by atoms with Gasteiger partial charge in [0.05, 0.1) is 0 Å². The molecule has 0 saturated carbocycles. The van der Waals surface area contributed by atoms with E-state index in [0.29, 0.717) is 0 Å². The van der Waals surface area contributed by atoms with Crippen molar-refractivity contribution in [3.63, 3.8) is 0 Å². The van der Waals surface area contributed by atoms with Crippen LogP contribution in [0.2, 0.25) is 0 Å². The molecule has 0 rings (SSSR count). The average Bonchev–Trinajstić information content (AvgIpc) is 1.87. The molecule has 0 spiro atoms. The van der Waals surface area contributed by atoms with Crippen LogP contribution < -0.4 is 0 Å². The summed E-state index contributed by atoms with van der Waals surface area (Å²) in [6, 6.07) is 0. The zero-order chi connectivity index (χ0) is 9.02. The van der Waals surface area contributed by atoms with Crippen molar-refractivity contribution in [1.82, 2.24) is 0 Å². The van der Waals surface area contributed by atoms with Crippen molar-refractivity contribution in [1.29, 1.82) is 0 Å². The number of hydrogen-bond donors (Lipinski definition) is 2. The van der Waals surface area contributed by atoms with Gasteiger partial charge in [-0.1, -0.05) is 13.2 Å². The fourth-order valence-corrected chi connectivity index (χ4v) is 0.409. The smallest absolute Gasteiger partial charge is 0.331 e. The third-order valence-electron chi connectivity index (χ3n) is 1.03. The normalized spacial score (nSPS) is 8.73. The largest absolute Gasteiger partial charge is 0.478 e. The molecule has 0 heterocycles. The molecule has 0 radical (unpaired) electrons. The van der Waals surface area contributed by atoms with Gasteiger partial charge in [0.2, 0.25) is 0 Å². The maximum absolute atomic E-state index is 10.1. The molecule has 60 valence electrons. The fraction of sp³-hybridized carbons (Fsp3) is 0.143. The lowest BCUT2D eigenvalue weighted by Crippen LogP contribution is -2.05. The van der Waals surface area contributed by atoms with E-state index in [1.807, 2.05) is 0 Å². The first-order chi connectivity index (χ1) is 4.95. The van der Waals surface area contributed by atoms with Crippen LogP contribution >= 0.6 is 0 Å². The van der Waals surface area contributed by atoms with Gasteiger partial charge in [0.25, 0.3) is 0 Å². The molecule has 0 fully saturated rings. The first-order valence-corrected chi connectivity index (χ1v) is 2.77. The summed E-state index contributed by atoms with van der Waals surface area (Å²) in [5, 5.41) is 16.6. The molecule has 4 nitrogen and oxygen atoms in total. The van der Waals surface area contributed by atoms with Crippen LogP contribution in [0.4, 0.5) is 0 Å². The minimum absolute atomic E-state index is 0.169. The highest BCUT2D eigenvalue weighted by atomic mass is 16.4. The molecule has 0 aliphatic carbocycles. The van der Waals surface area contributed by atoms with Gasteiger partial charge in [-0.2, -0.15) is 0 Å². The quantitative estimate of drug-likeness (QED) is 0.586. The highest BCUT2D eigenvalue weighted by Crippen LogP contribution is 2.06. The highest BCUT2D eigenvalue weighted by molar-refractivity contribution is 5.92. The van der Waals surface area contributed by atoms with Gasteiger partial charge in [0.15, 0.2) is 0 Å². The van der Waals surface area contributed by atoms with Gasteiger partial charge < -0.3 is 10.2 Å². The summed E-state index contributed by atoms with van der Waals surface area (Å²) in [6.45, 7) is 6.31. The lowest BCUT2D eigenvalue weighted by Gasteiger charge is -1.98. The summed E-state index contributed by atoms with van der Waals surface area (Å²) < 4.78 is 0. The third kappa shape index (κ3) is 3.20. The summed E-state index contributed by atoms with van der Waals surface area (Å²) in [4.78, 5) is 20.2. The predicted molar refractivity (Wildman–Crippen MR) is 38.2 cm³/mol. The van der Waals surface area contributed by atoms with E-state index in [1.165, 1.54) is 0 Å². The number of aliphatic carboxylic acids is 2. The van der Waals surface area contributed by atoms with Crippen LogP contribution in [-0.2, 0) is 9.59 Å². The summed E-state index contributed by atoms with van der Waals surface area (Å²) in [5.41, 5.74) is -0.338. The zero-order valence-electron chi connectivity index (χ0n) is 5.83. The molecule has 0 aromatic heterocycles. The van der Waals surface area contributed by atoms with E-state index in [2.05, 4.69) is 13.2 Å². The Morgan fingerprint density at radius 1 is 1.00 bits per heavy atom. The lowest BCUT2D eigenvalue weighted by atomic mass is 10.1. The Labute approximate surface area is 63.5 Å². The summed E-state index contributed by atoms with van der Waals surface area (Å²) in [5.74, 6) is -2.40. The summed E-state index contributed by atoms with van der Waals surface area (Å²) >= 11 is 0. The Balaban J connectivity index is 4.07. The molecule has 11 heavy (non-hydrogen) atoms. The van der Waals surface area contributed by atoms with Crippen molar-refractivity contribution in [2.24, 2.45) is 0 Å². The Morgan fingerprint density at radius 3 is 1.45 bits per heavy atom. The van der Waals surface area contributed by atoms with Crippen molar-refractivity contribution < 1.29 is 19.8 Å². The number of rotatable bonds is 4. The van der Waals surface area contributed by atoms with Gasteiger partial charge >= 0.3 is 11.9 Å². The second-order valence-electron chi connectivity index (χ2n) is 1.99. The highest BCUT2D eigenvalue weighted by Gasteiger charge is 2.10. The van der Waals surface area contributed by atoms with E-state index >= 15 is 0 Å². The molecular weight excluding hydrogens is 148 g/mol. The van der Waals surface area contributed by atoms with E-state index in [1.54, 1.807) is 0 Å². The fourth-order valence-electron chi connectivity index (χ4n) is 0.409. The summed E-state index contributed by atoms with van der Waals surface area (Å²) in [6.07, 6.45) is -0.204. The monoisotopic (exact) mass is 156 g/mol. The standard InChI is InChI=1S/C7H8O4/c1-4(6(8)9)3-5(2)7(10)11/h1-3H2,(H,8,9)(H,10,11). The molecule has 0 unspecified atom stereocenters. The molecule has 0 aliphatic heterocycles. The van der Waals surface area contributed by atoms with E-state index in [4.69, 9.17) is 10.2 Å². The number of hydrogen-bond acceptors (Lipinski definition) is 2. The maximum atomic E-state index is 10.1. The maximum Gasteiger partial charge on any atom is 0.331 e. The van der Waals surface area contributed by atoms with E-state index in [9.17, 15) is 9.59 Å². The third-order valence-corrected chi connectivity index (χ3v) is 1.03. The molecule has 0 aromatic rings. The van der Waals surface area contributed by atoms with Crippen molar-refractivity contribution in [2.45, 2.75) is 6.42 Å². The molecule has 0 amide bonds. The second-order valence-corrected chi connectivity index (χ2v) is 1.99. The number of carbonyl (C=O) groups is 2. The van der Waals surface area contributed by atoms with E-state index in [-0.39, 0.29) is 17.6 Å². The van der Waals surface area contributed by atoms with Crippen LogP contribution in [0.5, 0.6) is 0 Å². The average molecular weight is 156 g/mol. The van der Waals surface area contributed by atoms with Gasteiger partial charge in [-0.15, -0.1) is 0 Å². The van der Waals surface area contributed by atoms with E-state index < -0.39 is 11.9 Å². The molecule has 0 atom stereocenters. The molecule has 0 aromatic carbocycles. The Bertz CT molecular complexity index is 203. The Kier molecular flexibility index (Phi) is 3.04. The van der Waals surface area contributed by atoms with Crippen molar-refractivity contribution >= 4 is 11.9 Å². The van der Waals surface area contributed by atoms with Gasteiger partial charge in [0.1, 0.15) is 0 Å². The molecule has 0 bridgehead atoms. The van der Waals surface area contributed by atoms with E-state index in [0.717, 1.165) is 0 Å². The van der Waals surface area contributed by atoms with Crippen molar-refractivity contribution in [2.75, 3.05) is 0 Å². The van der Waals surface area contributed by atoms with Crippen LogP contribution in [0.3, 0.4) is 0 Å². The molecule has 0 saturated heterocycles. The van der Waals surface area contributed by atoms with Gasteiger partial charge in [-0.25, -0.2) is 9.59 Å². The summed E-state index contributed by atoms with van der Waals surface area (Å²) in [7, 11) is 0. The van der Waals surface area contributed by atoms with Crippen LogP contribution in [0.15, 0.2) is 24.3 Å². The van der Waals surface area contributed by atoms with Gasteiger partial charge in [-0.3, -0.25) is 0 Å². The SMILES string of the molecule is C=C(CC(=C)C(=O)O)C(=O)O. The van der Waals surface area contributed by atoms with Crippen LogP contribution in [-0.4, -0.2) is 22.2 Å². The van der Waals surface area contributed by atoms with Crippen LogP contribution in [0, 0.1) is 0 Å². The molecular formula is C7H8O4. The minimum atomic E-state index is -1.20. The number of carboxylic acids is 2.